The highest BCUT2D eigenvalue weighted by Gasteiger charge is 2.04. The number of nitrogens with one attached hydrogen (secondary N) is 1. The lowest BCUT2D eigenvalue weighted by molar-refractivity contribution is 0.276. The van der Waals surface area contributed by atoms with Crippen molar-refractivity contribution in [2.24, 2.45) is 5.73 Å². The van der Waals surface area contributed by atoms with Crippen molar-refractivity contribution >= 4 is 0 Å². The van der Waals surface area contributed by atoms with Gasteiger partial charge in [-0.25, -0.2) is 0 Å². The van der Waals surface area contributed by atoms with E-state index in [-0.39, 0.29) is 0 Å². The number of benzene rings is 2. The Kier molecular flexibility index (Phi) is 10.8. The molecular formula is C21H33N3. The van der Waals surface area contributed by atoms with Crippen molar-refractivity contribution in [2.45, 2.75) is 32.9 Å². The molecule has 0 amide bonds. The molecule has 3 nitrogen and oxygen atoms in total. The molecule has 2 aromatic carbocycles. The summed E-state index contributed by atoms with van der Waals surface area (Å²) < 4.78 is 0. The van der Waals surface area contributed by atoms with Gasteiger partial charge in [-0.05, 0) is 56.7 Å². The molecule has 3 heteroatoms. The van der Waals surface area contributed by atoms with Crippen molar-refractivity contribution in [3.8, 4) is 0 Å². The molecule has 0 unspecified atom stereocenters. The van der Waals surface area contributed by atoms with Crippen LogP contribution in [0.1, 0.15) is 30.0 Å². The lowest BCUT2D eigenvalue weighted by atomic mass is 10.1. The summed E-state index contributed by atoms with van der Waals surface area (Å²) >= 11 is 0. The summed E-state index contributed by atoms with van der Waals surface area (Å²) in [5.74, 6) is 0. The van der Waals surface area contributed by atoms with E-state index in [2.05, 4.69) is 71.7 Å². The fourth-order valence-corrected chi connectivity index (χ4v) is 2.61. The molecule has 0 saturated carbocycles. The predicted molar refractivity (Wildman–Crippen MR) is 105 cm³/mol. The van der Waals surface area contributed by atoms with E-state index in [0.717, 1.165) is 26.1 Å². The molecule has 0 saturated heterocycles. The quantitative estimate of drug-likeness (QED) is 0.780. The zero-order valence-corrected chi connectivity index (χ0v) is 15.5. The fraction of sp³-hybridized carbons (Fsp3) is 0.429. The van der Waals surface area contributed by atoms with Gasteiger partial charge in [0, 0.05) is 13.1 Å². The summed E-state index contributed by atoms with van der Waals surface area (Å²) in [7, 11) is 3.75. The van der Waals surface area contributed by atoms with Crippen LogP contribution in [0.3, 0.4) is 0 Å². The number of nitrogens with two attached hydrogens (primary N) is 1. The molecule has 0 aromatic heterocycles. The Morgan fingerprint density at radius 1 is 0.917 bits per heavy atom. The standard InChI is InChI=1S/C19H26N2.C2H7N/c1-2-21(13-7-12-17-8-4-3-5-9-17)16-19-11-6-10-18(14-19)15-20;1-3-2/h3-6,8-11,14H,2,7,12-13,15-16,20H2,1H3;3H,1-2H3. The third-order valence-electron chi connectivity index (χ3n) is 3.86. The SMILES string of the molecule is CCN(CCCc1ccccc1)Cc1cccc(CN)c1.CNC. The second-order valence-electron chi connectivity index (χ2n) is 5.98. The molecule has 132 valence electrons. The maximum Gasteiger partial charge on any atom is 0.0233 e. The van der Waals surface area contributed by atoms with Crippen LogP contribution in [0.15, 0.2) is 54.6 Å². The Morgan fingerprint density at radius 2 is 1.54 bits per heavy atom. The largest absolute Gasteiger partial charge is 0.326 e. The van der Waals surface area contributed by atoms with Crippen LogP contribution in [0.5, 0.6) is 0 Å². The van der Waals surface area contributed by atoms with E-state index >= 15 is 0 Å². The molecule has 0 aliphatic rings. The minimum Gasteiger partial charge on any atom is -0.326 e. The minimum atomic E-state index is 0.619. The van der Waals surface area contributed by atoms with Crippen LogP contribution in [-0.4, -0.2) is 32.1 Å². The summed E-state index contributed by atoms with van der Waals surface area (Å²) in [5.41, 5.74) is 9.72. The van der Waals surface area contributed by atoms with Gasteiger partial charge in [0.15, 0.2) is 0 Å². The molecule has 0 spiro atoms. The molecule has 0 fully saturated rings. The van der Waals surface area contributed by atoms with Crippen molar-refractivity contribution in [2.75, 3.05) is 27.2 Å². The summed E-state index contributed by atoms with van der Waals surface area (Å²) in [6.07, 6.45) is 2.36. The van der Waals surface area contributed by atoms with Gasteiger partial charge in [0.25, 0.3) is 0 Å². The minimum absolute atomic E-state index is 0.619. The second-order valence-corrected chi connectivity index (χ2v) is 5.98. The summed E-state index contributed by atoms with van der Waals surface area (Å²) in [6, 6.07) is 19.3. The van der Waals surface area contributed by atoms with Crippen LogP contribution in [0.25, 0.3) is 0 Å². The topological polar surface area (TPSA) is 41.3 Å². The highest BCUT2D eigenvalue weighted by Crippen LogP contribution is 2.10. The first kappa shape index (κ1) is 20.4. The smallest absolute Gasteiger partial charge is 0.0233 e. The van der Waals surface area contributed by atoms with Crippen LogP contribution in [0.4, 0.5) is 0 Å². The van der Waals surface area contributed by atoms with E-state index in [9.17, 15) is 0 Å². The first-order valence-corrected chi connectivity index (χ1v) is 8.86. The maximum atomic E-state index is 5.71. The van der Waals surface area contributed by atoms with Gasteiger partial charge in [-0.1, -0.05) is 61.5 Å². The Hall–Kier alpha value is -1.68. The summed E-state index contributed by atoms with van der Waals surface area (Å²) in [5, 5.41) is 2.75. The number of aryl methyl sites for hydroxylation is 1. The number of hydrogen-bond acceptors (Lipinski definition) is 3. The van der Waals surface area contributed by atoms with Gasteiger partial charge in [0.2, 0.25) is 0 Å². The van der Waals surface area contributed by atoms with E-state index in [1.165, 1.54) is 23.1 Å². The first-order valence-electron chi connectivity index (χ1n) is 8.86. The third-order valence-corrected chi connectivity index (χ3v) is 3.86. The van der Waals surface area contributed by atoms with Gasteiger partial charge in [0.1, 0.15) is 0 Å². The Balaban J connectivity index is 0.000000891. The number of rotatable bonds is 8. The van der Waals surface area contributed by atoms with Gasteiger partial charge < -0.3 is 11.1 Å². The van der Waals surface area contributed by atoms with E-state index < -0.39 is 0 Å². The molecule has 0 aliphatic carbocycles. The molecule has 0 aliphatic heterocycles. The molecule has 0 heterocycles. The average Bonchev–Trinajstić information content (AvgIpc) is 2.62. The second kappa shape index (κ2) is 12.7. The maximum absolute atomic E-state index is 5.71. The molecule has 2 aromatic rings. The Labute approximate surface area is 147 Å². The zero-order chi connectivity index (χ0) is 17.6. The summed E-state index contributed by atoms with van der Waals surface area (Å²) in [6.45, 7) is 6.09. The normalized spacial score (nSPS) is 10.4. The van der Waals surface area contributed by atoms with Crippen LogP contribution in [-0.2, 0) is 19.5 Å². The molecular weight excluding hydrogens is 294 g/mol. The van der Waals surface area contributed by atoms with E-state index in [4.69, 9.17) is 5.73 Å². The van der Waals surface area contributed by atoms with E-state index in [1.807, 2.05) is 14.1 Å². The molecule has 0 atom stereocenters. The highest BCUT2D eigenvalue weighted by atomic mass is 15.1. The predicted octanol–water partition coefficient (Wildman–Crippen LogP) is 3.44. The molecule has 24 heavy (non-hydrogen) atoms. The van der Waals surface area contributed by atoms with Gasteiger partial charge in [-0.2, -0.15) is 0 Å². The van der Waals surface area contributed by atoms with Crippen LogP contribution in [0.2, 0.25) is 0 Å². The van der Waals surface area contributed by atoms with Crippen molar-refractivity contribution in [1.82, 2.24) is 10.2 Å². The van der Waals surface area contributed by atoms with E-state index in [0.29, 0.717) is 6.54 Å². The Bertz CT molecular complexity index is 540. The van der Waals surface area contributed by atoms with Crippen molar-refractivity contribution in [3.63, 3.8) is 0 Å². The van der Waals surface area contributed by atoms with Crippen LogP contribution < -0.4 is 11.1 Å². The van der Waals surface area contributed by atoms with E-state index in [1.54, 1.807) is 0 Å². The third kappa shape index (κ3) is 8.25. The summed E-state index contributed by atoms with van der Waals surface area (Å²) in [4.78, 5) is 2.50. The fourth-order valence-electron chi connectivity index (χ4n) is 2.61. The van der Waals surface area contributed by atoms with Crippen molar-refractivity contribution in [3.05, 3.63) is 71.3 Å². The lowest BCUT2D eigenvalue weighted by Gasteiger charge is -2.20. The molecule has 3 N–H and O–H groups in total. The first-order chi connectivity index (χ1) is 11.7. The van der Waals surface area contributed by atoms with Crippen molar-refractivity contribution < 1.29 is 0 Å². The highest BCUT2D eigenvalue weighted by molar-refractivity contribution is 5.23. The average molecular weight is 328 g/mol. The molecule has 0 bridgehead atoms. The van der Waals surface area contributed by atoms with Crippen molar-refractivity contribution in [1.29, 1.82) is 0 Å². The number of nitrogens with zero attached hydrogens (tertiary/aromatic N) is 1. The van der Waals surface area contributed by atoms with Crippen LogP contribution in [0, 0.1) is 0 Å². The Morgan fingerprint density at radius 3 is 2.17 bits per heavy atom. The van der Waals surface area contributed by atoms with Gasteiger partial charge in [-0.15, -0.1) is 0 Å². The molecule has 0 radical (unpaired) electrons. The van der Waals surface area contributed by atoms with Crippen LogP contribution >= 0.6 is 0 Å². The van der Waals surface area contributed by atoms with Gasteiger partial charge in [0.05, 0.1) is 0 Å². The van der Waals surface area contributed by atoms with Gasteiger partial charge in [-0.3, -0.25) is 4.90 Å². The molecule has 2 rings (SSSR count). The monoisotopic (exact) mass is 327 g/mol. The lowest BCUT2D eigenvalue weighted by Crippen LogP contribution is -2.24. The zero-order valence-electron chi connectivity index (χ0n) is 15.5. The van der Waals surface area contributed by atoms with Gasteiger partial charge >= 0.3 is 0 Å². The number of hydrogen-bond donors (Lipinski definition) is 2.